The van der Waals surface area contributed by atoms with Crippen LogP contribution in [0.3, 0.4) is 0 Å². The van der Waals surface area contributed by atoms with Gasteiger partial charge in [0, 0.05) is 16.9 Å². The van der Waals surface area contributed by atoms with Gasteiger partial charge in [0.05, 0.1) is 0 Å². The Balaban J connectivity index is 2.54. The molecule has 0 aliphatic heterocycles. The molecule has 2 unspecified atom stereocenters. The van der Waals surface area contributed by atoms with E-state index in [2.05, 4.69) is 29.2 Å². The summed E-state index contributed by atoms with van der Waals surface area (Å²) in [5.74, 6) is 0.142. The molecule has 1 aliphatic rings. The number of aliphatic hydroxyl groups is 1. The highest BCUT2D eigenvalue weighted by molar-refractivity contribution is 6.47. The van der Waals surface area contributed by atoms with Gasteiger partial charge in [-0.1, -0.05) is 55.2 Å². The molecule has 3 N–H and O–H groups in total. The summed E-state index contributed by atoms with van der Waals surface area (Å²) in [5.41, 5.74) is 3.47. The van der Waals surface area contributed by atoms with Crippen molar-refractivity contribution in [1.29, 1.82) is 0 Å². The smallest absolute Gasteiger partial charge is 0.136 e. The summed E-state index contributed by atoms with van der Waals surface area (Å²) in [6.45, 7) is 8.34. The molecule has 1 aromatic carbocycles. The lowest BCUT2D eigenvalue weighted by atomic mass is 9.38. The van der Waals surface area contributed by atoms with Gasteiger partial charge in [-0.25, -0.2) is 0 Å². The van der Waals surface area contributed by atoms with Gasteiger partial charge in [-0.2, -0.15) is 0 Å². The first-order valence-corrected chi connectivity index (χ1v) is 10.5. The van der Waals surface area contributed by atoms with Gasteiger partial charge in [-0.15, -0.1) is 0 Å². The molecule has 0 saturated heterocycles. The summed E-state index contributed by atoms with van der Waals surface area (Å²) in [4.78, 5) is 0. The van der Waals surface area contributed by atoms with Gasteiger partial charge in [0.15, 0.2) is 0 Å². The van der Waals surface area contributed by atoms with E-state index >= 15 is 0 Å². The maximum atomic E-state index is 10.8. The number of benzene rings is 1. The summed E-state index contributed by atoms with van der Waals surface area (Å²) >= 11 is 0. The zero-order valence-corrected chi connectivity index (χ0v) is 18.5. The molecule has 1 aromatic rings. The Hall–Kier alpha value is -1.48. The Bertz CT molecular complexity index is 742. The minimum absolute atomic E-state index is 0.0869. The normalized spacial score (nSPS) is 21.9. The Morgan fingerprint density at radius 3 is 2.25 bits per heavy atom. The highest BCUT2D eigenvalue weighted by atomic mass is 16.3. The molecule has 3 nitrogen and oxygen atoms in total. The van der Waals surface area contributed by atoms with E-state index in [-0.39, 0.29) is 28.5 Å². The van der Waals surface area contributed by atoms with Crippen molar-refractivity contribution in [2.75, 3.05) is 0 Å². The van der Waals surface area contributed by atoms with Gasteiger partial charge in [0.1, 0.15) is 42.9 Å². The number of phenols is 2. The quantitative estimate of drug-likeness (QED) is 0.373. The molecular weight excluding hydrogens is 343 g/mol. The topological polar surface area (TPSA) is 60.7 Å². The number of hydrogen-bond donors (Lipinski definition) is 3. The molecule has 0 aromatic heterocycles. The molecule has 2 rings (SSSR count). The fourth-order valence-corrected chi connectivity index (χ4v) is 4.85. The van der Waals surface area contributed by atoms with Crippen LogP contribution in [0.4, 0.5) is 0 Å². The summed E-state index contributed by atoms with van der Waals surface area (Å²) in [7, 11) is 7.88. The van der Waals surface area contributed by atoms with E-state index in [1.165, 1.54) is 0 Å². The number of aromatic hydroxyl groups is 2. The van der Waals surface area contributed by atoms with Crippen molar-refractivity contribution >= 4 is 31.4 Å². The lowest BCUT2D eigenvalue weighted by molar-refractivity contribution is 0.234. The van der Waals surface area contributed by atoms with Crippen LogP contribution in [0, 0.1) is 5.92 Å². The first-order valence-electron chi connectivity index (χ1n) is 10.5. The summed E-state index contributed by atoms with van der Waals surface area (Å²) < 4.78 is 0. The maximum Gasteiger partial charge on any atom is 0.136 e. The SMILES string of the molecule is BC(B)(O)C1=CC(c2c(O)cc(CCCCC)cc2O)C(C(=C)C)CC1(B)B. The zero-order chi connectivity index (χ0) is 21.3. The van der Waals surface area contributed by atoms with E-state index in [1.807, 2.05) is 13.0 Å². The summed E-state index contributed by atoms with van der Waals surface area (Å²) in [6, 6.07) is 3.58. The number of hydrogen-bond acceptors (Lipinski definition) is 3. The molecule has 0 bridgehead atoms. The molecule has 7 heteroatoms. The zero-order valence-electron chi connectivity index (χ0n) is 18.5. The van der Waals surface area contributed by atoms with Crippen LogP contribution in [0.2, 0.25) is 5.21 Å². The fourth-order valence-electron chi connectivity index (χ4n) is 4.85. The van der Waals surface area contributed by atoms with Crippen molar-refractivity contribution in [1.82, 2.24) is 0 Å². The molecule has 0 heterocycles. The van der Waals surface area contributed by atoms with Crippen LogP contribution in [0.25, 0.3) is 0 Å². The summed E-state index contributed by atoms with van der Waals surface area (Å²) in [6.07, 6.45) is 7.02. The number of aryl methyl sites for hydroxylation is 1. The molecule has 0 radical (unpaired) electrons. The monoisotopic (exact) mass is 378 g/mol. The summed E-state index contributed by atoms with van der Waals surface area (Å²) in [5, 5.41) is 31.2. The van der Waals surface area contributed by atoms with E-state index in [9.17, 15) is 15.3 Å². The average Bonchev–Trinajstić information content (AvgIpc) is 2.53. The first-order chi connectivity index (χ1) is 12.9. The van der Waals surface area contributed by atoms with Crippen LogP contribution >= 0.6 is 0 Å². The van der Waals surface area contributed by atoms with Crippen LogP contribution in [-0.4, -0.2) is 52.1 Å². The Morgan fingerprint density at radius 2 is 1.79 bits per heavy atom. The largest absolute Gasteiger partial charge is 0.507 e. The Kier molecular flexibility index (Phi) is 6.91. The first kappa shape index (κ1) is 22.8. The molecule has 0 spiro atoms. The van der Waals surface area contributed by atoms with E-state index < -0.39 is 5.40 Å². The van der Waals surface area contributed by atoms with Gasteiger partial charge in [-0.3, -0.25) is 0 Å². The maximum absolute atomic E-state index is 10.8. The van der Waals surface area contributed by atoms with Gasteiger partial charge in [0.2, 0.25) is 0 Å². The third kappa shape index (κ3) is 4.92. The fraction of sp³-hybridized carbons (Fsp3) is 0.524. The molecule has 0 fully saturated rings. The third-order valence-corrected chi connectivity index (χ3v) is 6.13. The van der Waals surface area contributed by atoms with E-state index in [0.717, 1.165) is 48.8 Å². The van der Waals surface area contributed by atoms with Crippen molar-refractivity contribution in [2.45, 2.75) is 62.5 Å². The molecule has 1 aliphatic carbocycles. The van der Waals surface area contributed by atoms with Crippen LogP contribution < -0.4 is 0 Å². The second kappa shape index (κ2) is 8.49. The lowest BCUT2D eigenvalue weighted by Crippen LogP contribution is -2.43. The molecule has 148 valence electrons. The second-order valence-corrected chi connectivity index (χ2v) is 9.71. The molecule has 2 atom stereocenters. The van der Waals surface area contributed by atoms with Crippen molar-refractivity contribution < 1.29 is 15.3 Å². The van der Waals surface area contributed by atoms with Gasteiger partial charge >= 0.3 is 0 Å². The molecule has 0 amide bonds. The second-order valence-electron chi connectivity index (χ2n) is 9.71. The van der Waals surface area contributed by atoms with Gasteiger partial charge in [0.25, 0.3) is 0 Å². The number of rotatable bonds is 7. The van der Waals surface area contributed by atoms with E-state index in [0.29, 0.717) is 5.56 Å². The number of phenolic OH excluding ortho intramolecular Hbond substituents is 2. The average molecular weight is 378 g/mol. The Labute approximate surface area is 174 Å². The standard InChI is InChI=1S/C21H34B4O3/c1-4-5-6-7-13-8-16(26)19(17(27)9-13)14-10-18(21(24,25)28)20(22,23)11-15(14)12(2)3/h8-10,14-15,26-28H,2,4-7,11,22-25H2,1,3H3. The number of allylic oxidation sites excluding steroid dienone is 2. The highest BCUT2D eigenvalue weighted by Crippen LogP contribution is 2.54. The molecule has 0 saturated carbocycles. The van der Waals surface area contributed by atoms with Crippen molar-refractivity contribution in [3.05, 3.63) is 47.1 Å². The van der Waals surface area contributed by atoms with Crippen molar-refractivity contribution in [3.8, 4) is 11.5 Å². The third-order valence-electron chi connectivity index (χ3n) is 6.13. The minimum Gasteiger partial charge on any atom is -0.507 e. The molecular formula is C21H34B4O3. The minimum atomic E-state index is -0.965. The van der Waals surface area contributed by atoms with Crippen LogP contribution in [0.15, 0.2) is 35.9 Å². The predicted molar refractivity (Wildman–Crippen MR) is 129 cm³/mol. The van der Waals surface area contributed by atoms with E-state index in [4.69, 9.17) is 0 Å². The van der Waals surface area contributed by atoms with Crippen LogP contribution in [0.1, 0.15) is 56.6 Å². The van der Waals surface area contributed by atoms with E-state index in [1.54, 1.807) is 27.8 Å². The van der Waals surface area contributed by atoms with Crippen LogP contribution in [0.5, 0.6) is 11.5 Å². The van der Waals surface area contributed by atoms with Crippen molar-refractivity contribution in [2.24, 2.45) is 5.92 Å². The Morgan fingerprint density at radius 1 is 1.21 bits per heavy atom. The van der Waals surface area contributed by atoms with Crippen LogP contribution in [-0.2, 0) is 6.42 Å². The van der Waals surface area contributed by atoms with Crippen molar-refractivity contribution in [3.63, 3.8) is 0 Å². The van der Waals surface area contributed by atoms with Gasteiger partial charge < -0.3 is 15.3 Å². The predicted octanol–water partition coefficient (Wildman–Crippen LogP) is 0.731. The lowest BCUT2D eigenvalue weighted by Gasteiger charge is -2.46. The molecule has 28 heavy (non-hydrogen) atoms. The number of unbranched alkanes of at least 4 members (excludes halogenated alkanes) is 2. The highest BCUT2D eigenvalue weighted by Gasteiger charge is 2.42. The van der Waals surface area contributed by atoms with Gasteiger partial charge in [-0.05, 0) is 43.4 Å².